The van der Waals surface area contributed by atoms with Gasteiger partial charge in [-0.05, 0) is 42.0 Å². The van der Waals surface area contributed by atoms with E-state index < -0.39 is 0 Å². The Kier molecular flexibility index (Phi) is 6.03. The van der Waals surface area contributed by atoms with Gasteiger partial charge in [0.1, 0.15) is 16.7 Å². The summed E-state index contributed by atoms with van der Waals surface area (Å²) >= 11 is 0. The Balaban J connectivity index is 1.20. The van der Waals surface area contributed by atoms with Crippen molar-refractivity contribution in [3.63, 3.8) is 0 Å². The van der Waals surface area contributed by atoms with Crippen molar-refractivity contribution in [2.45, 2.75) is 0 Å². The van der Waals surface area contributed by atoms with Crippen molar-refractivity contribution in [2.75, 3.05) is 0 Å². The lowest BCUT2D eigenvalue weighted by Gasteiger charge is -2.09. The molecule has 0 spiro atoms. The van der Waals surface area contributed by atoms with Crippen LogP contribution in [0.3, 0.4) is 0 Å². The number of rotatable bonds is 5. The van der Waals surface area contributed by atoms with E-state index in [0.717, 1.165) is 66.4 Å². The van der Waals surface area contributed by atoms with Crippen LogP contribution < -0.4 is 0 Å². The third kappa shape index (κ3) is 4.43. The summed E-state index contributed by atoms with van der Waals surface area (Å²) in [6, 6.07) is 48.3. The molecule has 0 N–H and O–H groups in total. The van der Waals surface area contributed by atoms with E-state index in [4.69, 9.17) is 28.8 Å². The van der Waals surface area contributed by atoms with Crippen LogP contribution in [0.15, 0.2) is 154 Å². The fourth-order valence-electron chi connectivity index (χ4n) is 5.99. The number of fused-ring (bicyclic) bond motifs is 4. The zero-order valence-corrected chi connectivity index (χ0v) is 24.5. The minimum atomic E-state index is 0.588. The van der Waals surface area contributed by atoms with Crippen LogP contribution in [0.5, 0.6) is 0 Å². The molecule has 0 aliphatic rings. The van der Waals surface area contributed by atoms with E-state index in [9.17, 15) is 0 Å². The van der Waals surface area contributed by atoms with Gasteiger partial charge in [-0.2, -0.15) is 0 Å². The summed E-state index contributed by atoms with van der Waals surface area (Å²) in [6.07, 6.45) is 0. The summed E-state index contributed by atoms with van der Waals surface area (Å²) in [5.41, 5.74) is 8.67. The fourth-order valence-corrected chi connectivity index (χ4v) is 5.99. The summed E-state index contributed by atoms with van der Waals surface area (Å²) in [5.74, 6) is 2.42. The first kappa shape index (κ1) is 26.0. The molecule has 0 bridgehead atoms. The number of hydrogen-bond acceptors (Lipinski definition) is 6. The number of hydrogen-bond donors (Lipinski definition) is 0. The minimum absolute atomic E-state index is 0.588. The second-order valence-corrected chi connectivity index (χ2v) is 11.1. The number of aromatic nitrogens is 4. The highest BCUT2D eigenvalue weighted by molar-refractivity contribution is 6.12. The van der Waals surface area contributed by atoms with E-state index in [2.05, 4.69) is 24.3 Å². The average molecular weight is 593 g/mol. The number of oxazole rings is 1. The smallest absolute Gasteiger partial charge is 0.227 e. The van der Waals surface area contributed by atoms with E-state index in [1.165, 1.54) is 0 Å². The van der Waals surface area contributed by atoms with E-state index in [1.807, 2.05) is 121 Å². The Bertz CT molecular complexity index is 2460. The summed E-state index contributed by atoms with van der Waals surface area (Å²) in [4.78, 5) is 19.6. The molecule has 0 aliphatic carbocycles. The normalized spacial score (nSPS) is 11.5. The molecule has 0 atom stereocenters. The molecule has 3 aromatic heterocycles. The van der Waals surface area contributed by atoms with Crippen LogP contribution in [0, 0.1) is 0 Å². The van der Waals surface area contributed by atoms with Crippen molar-refractivity contribution >= 4 is 33.0 Å². The van der Waals surface area contributed by atoms with Gasteiger partial charge in [0, 0.05) is 38.6 Å². The van der Waals surface area contributed by atoms with Gasteiger partial charge < -0.3 is 8.83 Å². The topological polar surface area (TPSA) is 77.8 Å². The van der Waals surface area contributed by atoms with E-state index in [1.54, 1.807) is 0 Å². The monoisotopic (exact) mass is 592 g/mol. The molecule has 216 valence electrons. The highest BCUT2D eigenvalue weighted by Gasteiger charge is 2.19. The van der Waals surface area contributed by atoms with Crippen LogP contribution in [0.25, 0.3) is 89.8 Å². The molecule has 0 saturated carbocycles. The number of para-hydroxylation sites is 1. The first-order valence-electron chi connectivity index (χ1n) is 15.1. The molecule has 6 nitrogen and oxygen atoms in total. The Morgan fingerprint density at radius 3 is 1.70 bits per heavy atom. The molecule has 6 heteroatoms. The van der Waals surface area contributed by atoms with Crippen molar-refractivity contribution < 1.29 is 8.83 Å². The summed E-state index contributed by atoms with van der Waals surface area (Å²) in [5, 5.41) is 1.93. The van der Waals surface area contributed by atoms with Crippen molar-refractivity contribution in [3.05, 3.63) is 146 Å². The lowest BCUT2D eigenvalue weighted by molar-refractivity contribution is 0.621. The van der Waals surface area contributed by atoms with Crippen LogP contribution >= 0.6 is 0 Å². The highest BCUT2D eigenvalue weighted by Crippen LogP contribution is 2.39. The van der Waals surface area contributed by atoms with Gasteiger partial charge >= 0.3 is 0 Å². The SMILES string of the molecule is c1ccc(-c2nc(-c3ccccc3)nc(-c3cccc4oc5cc(-c6cccc7nc(-c8ccccc8)oc67)ccc5c34)n2)cc1. The predicted octanol–water partition coefficient (Wildman–Crippen LogP) is 10.2. The second-order valence-electron chi connectivity index (χ2n) is 11.1. The molecule has 9 rings (SSSR count). The van der Waals surface area contributed by atoms with E-state index >= 15 is 0 Å². The number of benzene rings is 6. The first-order valence-corrected chi connectivity index (χ1v) is 15.1. The van der Waals surface area contributed by atoms with Gasteiger partial charge in [-0.15, -0.1) is 0 Å². The summed E-state index contributed by atoms with van der Waals surface area (Å²) in [7, 11) is 0. The average Bonchev–Trinajstić information content (AvgIpc) is 3.74. The Labute approximate surface area is 263 Å². The predicted molar refractivity (Wildman–Crippen MR) is 182 cm³/mol. The first-order chi connectivity index (χ1) is 22.8. The lowest BCUT2D eigenvalue weighted by atomic mass is 10.0. The largest absolute Gasteiger partial charge is 0.456 e. The zero-order valence-electron chi connectivity index (χ0n) is 24.5. The van der Waals surface area contributed by atoms with Gasteiger partial charge in [-0.25, -0.2) is 19.9 Å². The van der Waals surface area contributed by atoms with Gasteiger partial charge in [0.25, 0.3) is 0 Å². The zero-order chi connectivity index (χ0) is 30.5. The van der Waals surface area contributed by atoms with Crippen LogP contribution in [0.1, 0.15) is 0 Å². The van der Waals surface area contributed by atoms with Gasteiger partial charge in [-0.1, -0.05) is 109 Å². The van der Waals surface area contributed by atoms with Gasteiger partial charge in [0.05, 0.1) is 0 Å². The van der Waals surface area contributed by atoms with E-state index in [0.29, 0.717) is 23.4 Å². The maximum atomic E-state index is 6.48. The van der Waals surface area contributed by atoms with Crippen molar-refractivity contribution in [2.24, 2.45) is 0 Å². The Morgan fingerprint density at radius 2 is 1.00 bits per heavy atom. The molecule has 3 heterocycles. The van der Waals surface area contributed by atoms with Crippen LogP contribution in [0.2, 0.25) is 0 Å². The molecule has 0 radical (unpaired) electrons. The van der Waals surface area contributed by atoms with Gasteiger partial charge in [0.2, 0.25) is 5.89 Å². The minimum Gasteiger partial charge on any atom is -0.456 e. The molecular weight excluding hydrogens is 568 g/mol. The van der Waals surface area contributed by atoms with Gasteiger partial charge in [-0.3, -0.25) is 0 Å². The maximum absolute atomic E-state index is 6.48. The quantitative estimate of drug-likeness (QED) is 0.198. The number of furan rings is 1. The molecule has 0 unspecified atom stereocenters. The van der Waals surface area contributed by atoms with Crippen molar-refractivity contribution in [3.8, 4) is 56.7 Å². The van der Waals surface area contributed by atoms with E-state index in [-0.39, 0.29) is 0 Å². The Hall–Kier alpha value is -6.40. The summed E-state index contributed by atoms with van der Waals surface area (Å²) < 4.78 is 12.8. The molecule has 0 aliphatic heterocycles. The molecule has 0 saturated heterocycles. The molecule has 46 heavy (non-hydrogen) atoms. The number of nitrogens with zero attached hydrogens (tertiary/aromatic N) is 4. The van der Waals surface area contributed by atoms with Crippen molar-refractivity contribution in [1.29, 1.82) is 0 Å². The third-order valence-electron chi connectivity index (χ3n) is 8.18. The molecule has 6 aromatic carbocycles. The third-order valence-corrected chi connectivity index (χ3v) is 8.18. The highest BCUT2D eigenvalue weighted by atomic mass is 16.3. The molecule has 0 fully saturated rings. The summed E-state index contributed by atoms with van der Waals surface area (Å²) in [6.45, 7) is 0. The van der Waals surface area contributed by atoms with Crippen LogP contribution in [-0.2, 0) is 0 Å². The standard InChI is InChI=1S/C40H24N4O2/c1-4-12-25(13-5-1)37-42-38(26-14-6-2-7-15-26)44-39(43-37)31-19-11-21-33-35(31)30-23-22-28(24-34(30)45-33)29-18-10-20-32-36(29)46-40(41-32)27-16-8-3-9-17-27/h1-24H. The second kappa shape index (κ2) is 10.6. The lowest BCUT2D eigenvalue weighted by Crippen LogP contribution is -2.00. The van der Waals surface area contributed by atoms with Crippen LogP contribution in [0.4, 0.5) is 0 Å². The fraction of sp³-hybridized carbons (Fsp3) is 0. The Morgan fingerprint density at radius 1 is 0.391 bits per heavy atom. The van der Waals surface area contributed by atoms with Gasteiger partial charge in [0.15, 0.2) is 23.1 Å². The maximum Gasteiger partial charge on any atom is 0.227 e. The van der Waals surface area contributed by atoms with Crippen LogP contribution in [-0.4, -0.2) is 19.9 Å². The molecule has 9 aromatic rings. The molecule has 0 amide bonds. The van der Waals surface area contributed by atoms with Crippen molar-refractivity contribution in [1.82, 2.24) is 19.9 Å². The molecular formula is C40H24N4O2.